The summed E-state index contributed by atoms with van der Waals surface area (Å²) in [5.74, 6) is 1.32. The van der Waals surface area contributed by atoms with Gasteiger partial charge in [-0.2, -0.15) is 0 Å². The summed E-state index contributed by atoms with van der Waals surface area (Å²) in [5, 5.41) is 3.20. The van der Waals surface area contributed by atoms with E-state index in [-0.39, 0.29) is 11.9 Å². The topological polar surface area (TPSA) is 50.8 Å². The molecule has 0 unspecified atom stereocenters. The fourth-order valence-electron chi connectivity index (χ4n) is 3.77. The second-order valence-corrected chi connectivity index (χ2v) is 7.50. The van der Waals surface area contributed by atoms with Gasteiger partial charge in [0.2, 0.25) is 0 Å². The fourth-order valence-corrected chi connectivity index (χ4v) is 3.77. The molecule has 1 amide bonds. The molecule has 2 aromatic carbocycles. The first-order valence-corrected chi connectivity index (χ1v) is 9.89. The number of nitrogens with zero attached hydrogens (tertiary/aromatic N) is 1. The van der Waals surface area contributed by atoms with Gasteiger partial charge in [-0.25, -0.2) is 0 Å². The van der Waals surface area contributed by atoms with E-state index in [1.54, 1.807) is 14.2 Å². The predicted molar refractivity (Wildman–Crippen MR) is 112 cm³/mol. The van der Waals surface area contributed by atoms with Crippen LogP contribution in [-0.2, 0) is 0 Å². The molecule has 1 heterocycles. The quantitative estimate of drug-likeness (QED) is 0.821. The molecule has 1 saturated heterocycles. The third-order valence-electron chi connectivity index (χ3n) is 5.43. The number of carbonyl (C=O) groups excluding carboxylic acids is 1. The minimum absolute atomic E-state index is 0.0216. The van der Waals surface area contributed by atoms with Crippen molar-refractivity contribution < 1.29 is 14.3 Å². The monoisotopic (exact) mass is 382 g/mol. The molecule has 3 rings (SSSR count). The van der Waals surface area contributed by atoms with E-state index >= 15 is 0 Å². The number of carbonyl (C=O) groups is 1. The van der Waals surface area contributed by atoms with E-state index in [1.165, 1.54) is 0 Å². The molecule has 0 spiro atoms. The SMILES string of the molecule is COc1cccc(-c2cccc(C(=O)NC3CCN(C(C)C)CC3)c2)c1OC. The van der Waals surface area contributed by atoms with Crippen molar-refractivity contribution in [2.45, 2.75) is 38.8 Å². The number of methoxy groups -OCH3 is 2. The van der Waals surface area contributed by atoms with Gasteiger partial charge in [0.15, 0.2) is 11.5 Å². The summed E-state index contributed by atoms with van der Waals surface area (Å²) in [5.41, 5.74) is 2.49. The summed E-state index contributed by atoms with van der Waals surface area (Å²) in [6, 6.07) is 14.2. The van der Waals surface area contributed by atoms with Gasteiger partial charge in [-0.15, -0.1) is 0 Å². The highest BCUT2D eigenvalue weighted by Crippen LogP contribution is 2.37. The van der Waals surface area contributed by atoms with Gasteiger partial charge in [0, 0.05) is 36.3 Å². The first-order valence-electron chi connectivity index (χ1n) is 9.89. The molecule has 0 aromatic heterocycles. The minimum Gasteiger partial charge on any atom is -0.493 e. The Labute approximate surface area is 167 Å². The van der Waals surface area contributed by atoms with Crippen LogP contribution in [0.3, 0.4) is 0 Å². The molecule has 2 aromatic rings. The molecule has 1 aliphatic rings. The lowest BCUT2D eigenvalue weighted by molar-refractivity contribution is 0.0900. The molecule has 150 valence electrons. The smallest absolute Gasteiger partial charge is 0.251 e. The van der Waals surface area contributed by atoms with Crippen LogP contribution in [0.25, 0.3) is 11.1 Å². The van der Waals surface area contributed by atoms with Crippen molar-refractivity contribution in [2.24, 2.45) is 0 Å². The Hall–Kier alpha value is -2.53. The predicted octanol–water partition coefficient (Wildman–Crippen LogP) is 3.97. The van der Waals surface area contributed by atoms with Crippen molar-refractivity contribution in [2.75, 3.05) is 27.3 Å². The van der Waals surface area contributed by atoms with Crippen molar-refractivity contribution in [3.05, 3.63) is 48.0 Å². The van der Waals surface area contributed by atoms with Crippen LogP contribution in [-0.4, -0.2) is 50.2 Å². The van der Waals surface area contributed by atoms with E-state index < -0.39 is 0 Å². The van der Waals surface area contributed by atoms with Crippen LogP contribution >= 0.6 is 0 Å². The van der Waals surface area contributed by atoms with Crippen LogP contribution in [0.5, 0.6) is 11.5 Å². The Morgan fingerprint density at radius 1 is 1.07 bits per heavy atom. The normalized spacial score (nSPS) is 15.5. The first-order chi connectivity index (χ1) is 13.5. The summed E-state index contributed by atoms with van der Waals surface area (Å²) in [6.45, 7) is 6.50. The summed E-state index contributed by atoms with van der Waals surface area (Å²) in [6.07, 6.45) is 1.99. The summed E-state index contributed by atoms with van der Waals surface area (Å²) in [7, 11) is 3.25. The number of rotatable bonds is 6. The average molecular weight is 383 g/mol. The number of benzene rings is 2. The van der Waals surface area contributed by atoms with Crippen molar-refractivity contribution in [1.82, 2.24) is 10.2 Å². The van der Waals surface area contributed by atoms with Crippen molar-refractivity contribution in [3.8, 4) is 22.6 Å². The summed E-state index contributed by atoms with van der Waals surface area (Å²) in [4.78, 5) is 15.3. The lowest BCUT2D eigenvalue weighted by Gasteiger charge is -2.34. The maximum atomic E-state index is 12.8. The van der Waals surface area contributed by atoms with Gasteiger partial charge >= 0.3 is 0 Å². The second kappa shape index (κ2) is 9.11. The Bertz CT molecular complexity index is 811. The molecule has 0 aliphatic carbocycles. The van der Waals surface area contributed by atoms with Gasteiger partial charge in [-0.1, -0.05) is 24.3 Å². The number of hydrogen-bond donors (Lipinski definition) is 1. The molecule has 5 heteroatoms. The van der Waals surface area contributed by atoms with E-state index in [2.05, 4.69) is 24.1 Å². The molecule has 5 nitrogen and oxygen atoms in total. The Balaban J connectivity index is 1.74. The van der Waals surface area contributed by atoms with Gasteiger partial charge < -0.3 is 19.7 Å². The zero-order valence-electron chi connectivity index (χ0n) is 17.2. The summed E-state index contributed by atoms with van der Waals surface area (Å²) < 4.78 is 10.9. The Morgan fingerprint density at radius 3 is 2.43 bits per heavy atom. The number of para-hydroxylation sites is 1. The highest BCUT2D eigenvalue weighted by atomic mass is 16.5. The van der Waals surface area contributed by atoms with Crippen molar-refractivity contribution >= 4 is 5.91 Å². The number of hydrogen-bond acceptors (Lipinski definition) is 4. The van der Waals surface area contributed by atoms with Crippen molar-refractivity contribution in [3.63, 3.8) is 0 Å². The lowest BCUT2D eigenvalue weighted by atomic mass is 10.00. The number of piperidine rings is 1. The van der Waals surface area contributed by atoms with Crippen LogP contribution < -0.4 is 14.8 Å². The minimum atomic E-state index is -0.0216. The molecule has 1 fully saturated rings. The number of likely N-dealkylation sites (tertiary alicyclic amines) is 1. The van der Waals surface area contributed by atoms with E-state index in [0.29, 0.717) is 23.1 Å². The molecular weight excluding hydrogens is 352 g/mol. The molecule has 0 radical (unpaired) electrons. The largest absolute Gasteiger partial charge is 0.493 e. The van der Waals surface area contributed by atoms with E-state index in [1.807, 2.05) is 42.5 Å². The third-order valence-corrected chi connectivity index (χ3v) is 5.43. The lowest BCUT2D eigenvalue weighted by Crippen LogP contribution is -2.46. The molecule has 0 atom stereocenters. The van der Waals surface area contributed by atoms with Crippen LogP contribution in [0.4, 0.5) is 0 Å². The van der Waals surface area contributed by atoms with Crippen LogP contribution in [0, 0.1) is 0 Å². The molecule has 0 bridgehead atoms. The first kappa shape index (κ1) is 20.2. The second-order valence-electron chi connectivity index (χ2n) is 7.50. The van der Waals surface area contributed by atoms with E-state index in [9.17, 15) is 4.79 Å². The zero-order chi connectivity index (χ0) is 20.1. The number of amides is 1. The molecule has 1 aliphatic heterocycles. The Morgan fingerprint density at radius 2 is 1.79 bits per heavy atom. The zero-order valence-corrected chi connectivity index (χ0v) is 17.2. The van der Waals surface area contributed by atoms with Crippen LogP contribution in [0.2, 0.25) is 0 Å². The number of ether oxygens (including phenoxy) is 2. The standard InChI is InChI=1S/C23H30N2O3/c1-16(2)25-13-11-19(12-14-25)24-23(26)18-8-5-7-17(15-18)20-9-6-10-21(27-3)22(20)28-4/h5-10,15-16,19H,11-14H2,1-4H3,(H,24,26). The van der Waals surface area contributed by atoms with Gasteiger partial charge in [-0.05, 0) is 50.5 Å². The highest BCUT2D eigenvalue weighted by molar-refractivity contribution is 5.96. The maximum absolute atomic E-state index is 12.8. The van der Waals surface area contributed by atoms with Crippen LogP contribution in [0.15, 0.2) is 42.5 Å². The average Bonchev–Trinajstić information content (AvgIpc) is 2.73. The fraction of sp³-hybridized carbons (Fsp3) is 0.435. The summed E-state index contributed by atoms with van der Waals surface area (Å²) >= 11 is 0. The van der Waals surface area contributed by atoms with E-state index in [0.717, 1.165) is 37.1 Å². The van der Waals surface area contributed by atoms with Gasteiger partial charge in [0.05, 0.1) is 14.2 Å². The molecule has 1 N–H and O–H groups in total. The molecule has 0 saturated carbocycles. The molecule has 28 heavy (non-hydrogen) atoms. The maximum Gasteiger partial charge on any atom is 0.251 e. The highest BCUT2D eigenvalue weighted by Gasteiger charge is 2.22. The van der Waals surface area contributed by atoms with Crippen LogP contribution in [0.1, 0.15) is 37.0 Å². The van der Waals surface area contributed by atoms with Crippen molar-refractivity contribution in [1.29, 1.82) is 0 Å². The van der Waals surface area contributed by atoms with Gasteiger partial charge in [0.25, 0.3) is 5.91 Å². The van der Waals surface area contributed by atoms with Gasteiger partial charge in [-0.3, -0.25) is 4.79 Å². The Kier molecular flexibility index (Phi) is 6.57. The molecular formula is C23H30N2O3. The van der Waals surface area contributed by atoms with E-state index in [4.69, 9.17) is 9.47 Å². The van der Waals surface area contributed by atoms with Gasteiger partial charge in [0.1, 0.15) is 0 Å². The third kappa shape index (κ3) is 4.47. The number of nitrogens with one attached hydrogen (secondary N) is 1.